The maximum absolute atomic E-state index is 12.2. The minimum Gasteiger partial charge on any atom is -0.352 e. The minimum absolute atomic E-state index is 0.165. The second-order valence-electron chi connectivity index (χ2n) is 7.19. The monoisotopic (exact) mass is 322 g/mol. The van der Waals surface area contributed by atoms with Crippen molar-refractivity contribution >= 4 is 11.8 Å². The van der Waals surface area contributed by atoms with Crippen LogP contribution in [-0.2, 0) is 9.59 Å². The Morgan fingerprint density at radius 2 is 1.35 bits per heavy atom. The third-order valence-electron chi connectivity index (χ3n) is 5.37. The Bertz CT molecular complexity index is 409. The standard InChI is InChI=1S/C17H30N4O2/c22-16(18-15-5-1-2-6-15)13-19-9-11-20(12-10-19)14-17(23)21-7-3-4-8-21/h15H,1-14H2,(H,18,22). The van der Waals surface area contributed by atoms with Gasteiger partial charge in [0.1, 0.15) is 0 Å². The van der Waals surface area contributed by atoms with Gasteiger partial charge in [0.05, 0.1) is 13.1 Å². The van der Waals surface area contributed by atoms with Crippen molar-refractivity contribution in [2.45, 2.75) is 44.6 Å². The number of hydrogen-bond donors (Lipinski definition) is 1. The van der Waals surface area contributed by atoms with Crippen LogP contribution in [-0.4, -0.2) is 84.9 Å². The van der Waals surface area contributed by atoms with Crippen molar-refractivity contribution in [3.8, 4) is 0 Å². The molecule has 0 aromatic rings. The van der Waals surface area contributed by atoms with Crippen LogP contribution >= 0.6 is 0 Å². The number of rotatable bonds is 5. The quantitative estimate of drug-likeness (QED) is 0.790. The smallest absolute Gasteiger partial charge is 0.236 e. The molecule has 2 saturated heterocycles. The molecule has 2 amide bonds. The highest BCUT2D eigenvalue weighted by Gasteiger charge is 2.25. The third-order valence-corrected chi connectivity index (χ3v) is 5.37. The van der Waals surface area contributed by atoms with Gasteiger partial charge in [0, 0.05) is 45.3 Å². The molecule has 0 aromatic carbocycles. The van der Waals surface area contributed by atoms with Crippen molar-refractivity contribution in [1.82, 2.24) is 20.0 Å². The lowest BCUT2D eigenvalue weighted by atomic mass is 10.2. The van der Waals surface area contributed by atoms with E-state index in [9.17, 15) is 9.59 Å². The molecule has 2 heterocycles. The zero-order chi connectivity index (χ0) is 16.1. The minimum atomic E-state index is 0.165. The second-order valence-corrected chi connectivity index (χ2v) is 7.19. The largest absolute Gasteiger partial charge is 0.352 e. The van der Waals surface area contributed by atoms with Crippen molar-refractivity contribution in [1.29, 1.82) is 0 Å². The zero-order valence-electron chi connectivity index (χ0n) is 14.1. The van der Waals surface area contributed by atoms with Crippen LogP contribution < -0.4 is 5.32 Å². The molecule has 1 saturated carbocycles. The summed E-state index contributed by atoms with van der Waals surface area (Å²) in [5.41, 5.74) is 0. The molecule has 1 aliphatic carbocycles. The highest BCUT2D eigenvalue weighted by molar-refractivity contribution is 5.79. The maximum Gasteiger partial charge on any atom is 0.236 e. The fourth-order valence-electron chi connectivity index (χ4n) is 3.91. The average molecular weight is 322 g/mol. The van der Waals surface area contributed by atoms with Crippen LogP contribution in [0.4, 0.5) is 0 Å². The van der Waals surface area contributed by atoms with Gasteiger partial charge in [0.25, 0.3) is 0 Å². The number of piperazine rings is 1. The summed E-state index contributed by atoms with van der Waals surface area (Å²) < 4.78 is 0. The van der Waals surface area contributed by atoms with Gasteiger partial charge < -0.3 is 10.2 Å². The van der Waals surface area contributed by atoms with Gasteiger partial charge in [-0.05, 0) is 25.7 Å². The van der Waals surface area contributed by atoms with Crippen LogP contribution in [0.5, 0.6) is 0 Å². The molecule has 0 atom stereocenters. The molecule has 3 fully saturated rings. The molecule has 3 aliphatic rings. The van der Waals surface area contributed by atoms with Gasteiger partial charge in [-0.25, -0.2) is 0 Å². The first-order valence-corrected chi connectivity index (χ1v) is 9.22. The molecular formula is C17H30N4O2. The third kappa shape index (κ3) is 4.91. The van der Waals surface area contributed by atoms with Crippen LogP contribution in [0.25, 0.3) is 0 Å². The Labute approximate surface area is 139 Å². The van der Waals surface area contributed by atoms with Gasteiger partial charge in [0.15, 0.2) is 0 Å². The van der Waals surface area contributed by atoms with Crippen molar-refractivity contribution in [3.05, 3.63) is 0 Å². The summed E-state index contributed by atoms with van der Waals surface area (Å²) in [6, 6.07) is 0.405. The van der Waals surface area contributed by atoms with Gasteiger partial charge in [0.2, 0.25) is 11.8 Å². The number of hydrogen-bond acceptors (Lipinski definition) is 4. The summed E-state index contributed by atoms with van der Waals surface area (Å²) in [5.74, 6) is 0.438. The number of nitrogens with zero attached hydrogens (tertiary/aromatic N) is 3. The Kier molecular flexibility index (Phi) is 5.89. The maximum atomic E-state index is 12.2. The molecule has 1 N–H and O–H groups in total. The van der Waals surface area contributed by atoms with E-state index in [4.69, 9.17) is 0 Å². The first-order chi connectivity index (χ1) is 11.2. The van der Waals surface area contributed by atoms with E-state index in [2.05, 4.69) is 15.1 Å². The molecule has 0 radical (unpaired) electrons. The highest BCUT2D eigenvalue weighted by Crippen LogP contribution is 2.17. The summed E-state index contributed by atoms with van der Waals surface area (Å²) >= 11 is 0. The van der Waals surface area contributed by atoms with E-state index in [0.717, 1.165) is 65.0 Å². The molecule has 0 bridgehead atoms. The predicted octanol–water partition coefficient (Wildman–Crippen LogP) is 0.285. The molecule has 6 nitrogen and oxygen atoms in total. The number of nitrogens with one attached hydrogen (secondary N) is 1. The molecule has 130 valence electrons. The number of carbonyl (C=O) groups is 2. The molecule has 23 heavy (non-hydrogen) atoms. The van der Waals surface area contributed by atoms with E-state index in [0.29, 0.717) is 19.1 Å². The van der Waals surface area contributed by atoms with E-state index in [1.165, 1.54) is 12.8 Å². The highest BCUT2D eigenvalue weighted by atomic mass is 16.2. The Morgan fingerprint density at radius 3 is 1.96 bits per heavy atom. The van der Waals surface area contributed by atoms with Crippen molar-refractivity contribution in [3.63, 3.8) is 0 Å². The van der Waals surface area contributed by atoms with Crippen LogP contribution in [0, 0.1) is 0 Å². The normalized spacial score (nSPS) is 24.3. The fourth-order valence-corrected chi connectivity index (χ4v) is 3.91. The summed E-state index contributed by atoms with van der Waals surface area (Å²) in [6.45, 7) is 6.44. The molecular weight excluding hydrogens is 292 g/mol. The van der Waals surface area contributed by atoms with E-state index < -0.39 is 0 Å². The first kappa shape index (κ1) is 16.7. The van der Waals surface area contributed by atoms with Crippen LogP contribution in [0.3, 0.4) is 0 Å². The fraction of sp³-hybridized carbons (Fsp3) is 0.882. The number of carbonyl (C=O) groups excluding carboxylic acids is 2. The lowest BCUT2D eigenvalue weighted by Crippen LogP contribution is -2.52. The summed E-state index contributed by atoms with van der Waals surface area (Å²) in [5, 5.41) is 3.15. The Hall–Kier alpha value is -1.14. The van der Waals surface area contributed by atoms with E-state index in [1.807, 2.05) is 4.90 Å². The number of likely N-dealkylation sites (tertiary alicyclic amines) is 1. The molecule has 0 spiro atoms. The van der Waals surface area contributed by atoms with Gasteiger partial charge in [-0.3, -0.25) is 19.4 Å². The van der Waals surface area contributed by atoms with Crippen LogP contribution in [0.1, 0.15) is 38.5 Å². The van der Waals surface area contributed by atoms with Crippen molar-refractivity contribution in [2.24, 2.45) is 0 Å². The molecule has 0 aromatic heterocycles. The zero-order valence-corrected chi connectivity index (χ0v) is 14.1. The van der Waals surface area contributed by atoms with Crippen molar-refractivity contribution < 1.29 is 9.59 Å². The topological polar surface area (TPSA) is 55.9 Å². The molecule has 3 rings (SSSR count). The second kappa shape index (κ2) is 8.11. The number of amides is 2. The van der Waals surface area contributed by atoms with Gasteiger partial charge in [-0.2, -0.15) is 0 Å². The lowest BCUT2D eigenvalue weighted by molar-refractivity contribution is -0.132. The van der Waals surface area contributed by atoms with E-state index in [1.54, 1.807) is 0 Å². The van der Waals surface area contributed by atoms with E-state index in [-0.39, 0.29) is 11.8 Å². The predicted molar refractivity (Wildman–Crippen MR) is 89.1 cm³/mol. The van der Waals surface area contributed by atoms with Gasteiger partial charge in [-0.15, -0.1) is 0 Å². The summed E-state index contributed by atoms with van der Waals surface area (Å²) in [7, 11) is 0. The Morgan fingerprint density at radius 1 is 0.783 bits per heavy atom. The lowest BCUT2D eigenvalue weighted by Gasteiger charge is -2.34. The molecule has 0 unspecified atom stereocenters. The molecule has 2 aliphatic heterocycles. The van der Waals surface area contributed by atoms with Crippen molar-refractivity contribution in [2.75, 3.05) is 52.4 Å². The van der Waals surface area contributed by atoms with Crippen LogP contribution in [0.15, 0.2) is 0 Å². The van der Waals surface area contributed by atoms with Gasteiger partial charge >= 0.3 is 0 Å². The summed E-state index contributed by atoms with van der Waals surface area (Å²) in [6.07, 6.45) is 7.06. The van der Waals surface area contributed by atoms with E-state index >= 15 is 0 Å². The Balaban J connectivity index is 1.33. The average Bonchev–Trinajstić information content (AvgIpc) is 3.22. The summed E-state index contributed by atoms with van der Waals surface area (Å²) in [4.78, 5) is 30.7. The first-order valence-electron chi connectivity index (χ1n) is 9.22. The molecule has 6 heteroatoms. The van der Waals surface area contributed by atoms with Gasteiger partial charge in [-0.1, -0.05) is 12.8 Å². The SMILES string of the molecule is O=C(CN1CCN(CC(=O)N2CCCC2)CC1)NC1CCCC1. The van der Waals surface area contributed by atoms with Crippen LogP contribution in [0.2, 0.25) is 0 Å².